The topological polar surface area (TPSA) is 55.5 Å². The lowest BCUT2D eigenvalue weighted by Crippen LogP contribution is -2.17. The highest BCUT2D eigenvalue weighted by molar-refractivity contribution is 9.10. The van der Waals surface area contributed by atoms with E-state index < -0.39 is 12.4 Å². The summed E-state index contributed by atoms with van der Waals surface area (Å²) in [5.41, 5.74) is 6.79. The Bertz CT molecular complexity index is 677. The number of phenolic OH excluding ortho intramolecular Hbond substituents is 1. The molecular weight excluding hydrogens is 387 g/mol. The summed E-state index contributed by atoms with van der Waals surface area (Å²) >= 11 is 9.19. The SMILES string of the molecule is N[C@H](c1ccc(OC(F)(F)F)cc1)c1c(Cl)ccc(Br)c1O. The van der Waals surface area contributed by atoms with Crippen LogP contribution in [0.15, 0.2) is 40.9 Å². The van der Waals surface area contributed by atoms with E-state index in [-0.39, 0.29) is 22.1 Å². The molecule has 22 heavy (non-hydrogen) atoms. The van der Waals surface area contributed by atoms with Crippen molar-refractivity contribution in [2.75, 3.05) is 0 Å². The Morgan fingerprint density at radius 3 is 2.27 bits per heavy atom. The zero-order chi connectivity index (χ0) is 16.5. The van der Waals surface area contributed by atoms with Crippen LogP contribution >= 0.6 is 27.5 Å². The molecule has 0 saturated heterocycles. The van der Waals surface area contributed by atoms with Crippen LogP contribution in [-0.2, 0) is 0 Å². The molecule has 8 heteroatoms. The molecule has 0 bridgehead atoms. The predicted molar refractivity (Wildman–Crippen MR) is 80.0 cm³/mol. The van der Waals surface area contributed by atoms with Crippen molar-refractivity contribution in [2.24, 2.45) is 5.73 Å². The van der Waals surface area contributed by atoms with Crippen molar-refractivity contribution in [2.45, 2.75) is 12.4 Å². The average molecular weight is 397 g/mol. The Morgan fingerprint density at radius 1 is 1.14 bits per heavy atom. The molecule has 3 nitrogen and oxygen atoms in total. The quantitative estimate of drug-likeness (QED) is 0.787. The van der Waals surface area contributed by atoms with Crippen LogP contribution in [0.5, 0.6) is 11.5 Å². The molecule has 2 aromatic carbocycles. The second kappa shape index (κ2) is 6.36. The fourth-order valence-corrected chi connectivity index (χ4v) is 2.51. The minimum atomic E-state index is -4.75. The lowest BCUT2D eigenvalue weighted by Gasteiger charge is -2.17. The van der Waals surface area contributed by atoms with E-state index in [1.54, 1.807) is 12.1 Å². The van der Waals surface area contributed by atoms with Crippen LogP contribution in [-0.4, -0.2) is 11.5 Å². The Kier molecular flexibility index (Phi) is 4.89. The highest BCUT2D eigenvalue weighted by Crippen LogP contribution is 2.39. The highest BCUT2D eigenvalue weighted by atomic mass is 79.9. The van der Waals surface area contributed by atoms with Gasteiger partial charge in [0.15, 0.2) is 0 Å². The minimum absolute atomic E-state index is 0.115. The maximum atomic E-state index is 12.1. The number of ether oxygens (including phenoxy) is 1. The molecular formula is C14H10BrClF3NO2. The lowest BCUT2D eigenvalue weighted by atomic mass is 9.98. The van der Waals surface area contributed by atoms with Gasteiger partial charge in [-0.1, -0.05) is 23.7 Å². The van der Waals surface area contributed by atoms with Crippen LogP contribution in [0.3, 0.4) is 0 Å². The zero-order valence-corrected chi connectivity index (χ0v) is 13.2. The van der Waals surface area contributed by atoms with Gasteiger partial charge in [0.1, 0.15) is 11.5 Å². The first-order valence-electron chi connectivity index (χ1n) is 5.97. The Labute approximate surface area is 137 Å². The zero-order valence-electron chi connectivity index (χ0n) is 10.9. The third-order valence-corrected chi connectivity index (χ3v) is 3.87. The normalized spacial score (nSPS) is 13.0. The number of hydrogen-bond donors (Lipinski definition) is 2. The standard InChI is InChI=1S/C14H10BrClF3NO2/c15-9-5-6-10(16)11(13(9)21)12(20)7-1-3-8(4-2-7)22-14(17,18)19/h1-6,12,21H,20H2/t12-/m1/s1. The van der Waals surface area contributed by atoms with Gasteiger partial charge in [0, 0.05) is 10.6 Å². The smallest absolute Gasteiger partial charge is 0.506 e. The van der Waals surface area contributed by atoms with Gasteiger partial charge in [0.25, 0.3) is 0 Å². The third kappa shape index (κ3) is 3.85. The van der Waals surface area contributed by atoms with Gasteiger partial charge in [-0.15, -0.1) is 13.2 Å². The van der Waals surface area contributed by atoms with Crippen LogP contribution in [0.25, 0.3) is 0 Å². The summed E-state index contributed by atoms with van der Waals surface area (Å²) in [5, 5.41) is 10.3. The summed E-state index contributed by atoms with van der Waals surface area (Å²) in [6, 6.07) is 7.36. The van der Waals surface area contributed by atoms with Crippen molar-refractivity contribution in [3.05, 3.63) is 57.0 Å². The monoisotopic (exact) mass is 395 g/mol. The molecule has 0 spiro atoms. The maximum absolute atomic E-state index is 12.1. The molecule has 0 aromatic heterocycles. The molecule has 0 aliphatic heterocycles. The second-order valence-corrected chi connectivity index (χ2v) is 5.65. The van der Waals surface area contributed by atoms with Crippen LogP contribution in [0.4, 0.5) is 13.2 Å². The summed E-state index contributed by atoms with van der Waals surface area (Å²) in [5.74, 6) is -0.469. The number of aromatic hydroxyl groups is 1. The average Bonchev–Trinajstić information content (AvgIpc) is 2.42. The summed E-state index contributed by atoms with van der Waals surface area (Å²) in [4.78, 5) is 0. The number of hydrogen-bond acceptors (Lipinski definition) is 3. The molecule has 1 atom stereocenters. The van der Waals surface area contributed by atoms with Crippen molar-refractivity contribution in [1.29, 1.82) is 0 Å². The summed E-state index contributed by atoms with van der Waals surface area (Å²) in [6.45, 7) is 0. The van der Waals surface area contributed by atoms with E-state index in [0.717, 1.165) is 12.1 Å². The van der Waals surface area contributed by atoms with Gasteiger partial charge in [0.2, 0.25) is 0 Å². The van der Waals surface area contributed by atoms with Gasteiger partial charge in [-0.25, -0.2) is 0 Å². The summed E-state index contributed by atoms with van der Waals surface area (Å²) in [7, 11) is 0. The Hall–Kier alpha value is -1.44. The van der Waals surface area contributed by atoms with E-state index in [0.29, 0.717) is 10.0 Å². The van der Waals surface area contributed by atoms with E-state index in [9.17, 15) is 18.3 Å². The molecule has 0 aliphatic carbocycles. The highest BCUT2D eigenvalue weighted by Gasteiger charge is 2.31. The van der Waals surface area contributed by atoms with E-state index in [4.69, 9.17) is 17.3 Å². The van der Waals surface area contributed by atoms with Gasteiger partial charge < -0.3 is 15.6 Å². The molecule has 0 aliphatic rings. The minimum Gasteiger partial charge on any atom is -0.506 e. The van der Waals surface area contributed by atoms with Crippen molar-refractivity contribution in [3.63, 3.8) is 0 Å². The van der Waals surface area contributed by atoms with Crippen LogP contribution in [0.1, 0.15) is 17.2 Å². The van der Waals surface area contributed by atoms with Gasteiger partial charge >= 0.3 is 6.36 Å². The van der Waals surface area contributed by atoms with E-state index >= 15 is 0 Å². The van der Waals surface area contributed by atoms with Crippen LogP contribution < -0.4 is 10.5 Å². The molecule has 0 fully saturated rings. The first kappa shape index (κ1) is 16.9. The number of halogens is 5. The maximum Gasteiger partial charge on any atom is 0.573 e. The first-order valence-corrected chi connectivity index (χ1v) is 7.14. The van der Waals surface area contributed by atoms with Crippen LogP contribution in [0, 0.1) is 0 Å². The fraction of sp³-hybridized carbons (Fsp3) is 0.143. The molecule has 0 amide bonds. The van der Waals surface area contributed by atoms with Crippen molar-refractivity contribution < 1.29 is 23.0 Å². The molecule has 2 aromatic rings. The molecule has 2 rings (SSSR count). The molecule has 0 unspecified atom stereocenters. The lowest BCUT2D eigenvalue weighted by molar-refractivity contribution is -0.274. The number of phenols is 1. The van der Waals surface area contributed by atoms with E-state index in [2.05, 4.69) is 20.7 Å². The van der Waals surface area contributed by atoms with Gasteiger partial charge in [-0.2, -0.15) is 0 Å². The van der Waals surface area contributed by atoms with Crippen molar-refractivity contribution in [1.82, 2.24) is 0 Å². The van der Waals surface area contributed by atoms with E-state index in [1.807, 2.05) is 0 Å². The van der Waals surface area contributed by atoms with Gasteiger partial charge in [-0.05, 0) is 45.8 Å². The second-order valence-electron chi connectivity index (χ2n) is 4.39. The first-order chi connectivity index (χ1) is 10.2. The van der Waals surface area contributed by atoms with Crippen LogP contribution in [0.2, 0.25) is 5.02 Å². The van der Waals surface area contributed by atoms with Gasteiger partial charge in [0.05, 0.1) is 10.5 Å². The summed E-state index contributed by atoms with van der Waals surface area (Å²) < 4.78 is 40.5. The van der Waals surface area contributed by atoms with Crippen molar-refractivity contribution in [3.8, 4) is 11.5 Å². The Balaban J connectivity index is 2.31. The molecule has 0 saturated carbocycles. The number of benzene rings is 2. The Morgan fingerprint density at radius 2 is 1.73 bits per heavy atom. The van der Waals surface area contributed by atoms with E-state index in [1.165, 1.54) is 12.1 Å². The fourth-order valence-electron chi connectivity index (χ4n) is 1.90. The predicted octanol–water partition coefficient (Wildman–Crippen LogP) is 4.75. The number of nitrogens with two attached hydrogens (primary N) is 1. The third-order valence-electron chi connectivity index (χ3n) is 2.90. The van der Waals surface area contributed by atoms with Gasteiger partial charge in [-0.3, -0.25) is 0 Å². The molecule has 3 N–H and O–H groups in total. The largest absolute Gasteiger partial charge is 0.573 e. The van der Waals surface area contributed by atoms with Crippen molar-refractivity contribution >= 4 is 27.5 Å². The molecule has 118 valence electrons. The number of alkyl halides is 3. The molecule has 0 radical (unpaired) electrons. The number of rotatable bonds is 3. The summed E-state index contributed by atoms with van der Waals surface area (Å²) in [6.07, 6.45) is -4.75. The molecule has 0 heterocycles.